The van der Waals surface area contributed by atoms with E-state index in [4.69, 9.17) is 9.47 Å². The lowest BCUT2D eigenvalue weighted by molar-refractivity contribution is -0.152. The van der Waals surface area contributed by atoms with Crippen molar-refractivity contribution in [2.45, 2.75) is 25.9 Å². The summed E-state index contributed by atoms with van der Waals surface area (Å²) in [5.41, 5.74) is 1.90. The number of hydrogen-bond acceptors (Lipinski definition) is 5. The van der Waals surface area contributed by atoms with Crippen LogP contribution in [0.15, 0.2) is 60.7 Å². The number of amides is 2. The fourth-order valence-electron chi connectivity index (χ4n) is 3.95. The third-order valence-corrected chi connectivity index (χ3v) is 5.77. The number of benzene rings is 2. The molecule has 0 aromatic heterocycles. The summed E-state index contributed by atoms with van der Waals surface area (Å²) in [6, 6.07) is 19.5. The first-order valence-corrected chi connectivity index (χ1v) is 11.4. The van der Waals surface area contributed by atoms with Gasteiger partial charge in [-0.25, -0.2) is 0 Å². The Labute approximate surface area is 195 Å². The van der Waals surface area contributed by atoms with Gasteiger partial charge in [-0.15, -0.1) is 0 Å². The molecule has 0 aliphatic carbocycles. The normalized spacial score (nSPS) is 15.8. The largest absolute Gasteiger partial charge is 0.466 e. The zero-order valence-electron chi connectivity index (χ0n) is 19.3. The summed E-state index contributed by atoms with van der Waals surface area (Å²) in [4.78, 5) is 40.6. The molecule has 0 radical (unpaired) electrons. The van der Waals surface area contributed by atoms with Gasteiger partial charge >= 0.3 is 5.97 Å². The Bertz CT molecular complexity index is 879. The molecule has 1 aliphatic rings. The van der Waals surface area contributed by atoms with E-state index in [1.165, 1.54) is 4.90 Å². The van der Waals surface area contributed by atoms with E-state index < -0.39 is 0 Å². The third-order valence-electron chi connectivity index (χ3n) is 5.77. The van der Waals surface area contributed by atoms with Gasteiger partial charge in [0.05, 0.1) is 19.1 Å². The molecular weight excluding hydrogens is 420 g/mol. The second-order valence-corrected chi connectivity index (χ2v) is 8.19. The van der Waals surface area contributed by atoms with E-state index in [9.17, 15) is 14.4 Å². The van der Waals surface area contributed by atoms with Crippen molar-refractivity contribution in [2.75, 3.05) is 39.9 Å². The monoisotopic (exact) mass is 452 g/mol. The minimum absolute atomic E-state index is 0.0565. The minimum atomic E-state index is -0.382. The minimum Gasteiger partial charge on any atom is -0.466 e. The van der Waals surface area contributed by atoms with Crippen LogP contribution in [0.1, 0.15) is 37.0 Å². The summed E-state index contributed by atoms with van der Waals surface area (Å²) in [6.07, 6.45) is 1.07. The highest BCUT2D eigenvalue weighted by atomic mass is 16.5. The molecule has 1 aliphatic heterocycles. The van der Waals surface area contributed by atoms with Gasteiger partial charge in [0.1, 0.15) is 12.7 Å². The third kappa shape index (κ3) is 6.89. The van der Waals surface area contributed by atoms with Crippen LogP contribution in [0.2, 0.25) is 0 Å². The Morgan fingerprint density at radius 1 is 1.03 bits per heavy atom. The van der Waals surface area contributed by atoms with Gasteiger partial charge in [-0.05, 0) is 30.9 Å². The number of carbonyl (C=O) groups is 3. The summed E-state index contributed by atoms with van der Waals surface area (Å²) >= 11 is 0. The van der Waals surface area contributed by atoms with Crippen LogP contribution in [0.3, 0.4) is 0 Å². The molecule has 0 N–H and O–H groups in total. The predicted molar refractivity (Wildman–Crippen MR) is 124 cm³/mol. The fourth-order valence-corrected chi connectivity index (χ4v) is 3.95. The lowest BCUT2D eigenvalue weighted by atomic mass is 9.98. The number of carbonyl (C=O) groups excluding carboxylic acids is 3. The van der Waals surface area contributed by atoms with Gasteiger partial charge in [0.15, 0.2) is 0 Å². The highest BCUT2D eigenvalue weighted by Crippen LogP contribution is 2.25. The van der Waals surface area contributed by atoms with E-state index in [-0.39, 0.29) is 43.0 Å². The molecule has 0 bridgehead atoms. The van der Waals surface area contributed by atoms with Crippen LogP contribution < -0.4 is 0 Å². The van der Waals surface area contributed by atoms with Crippen LogP contribution in [0.25, 0.3) is 0 Å². The SMILES string of the molecule is CCOC(=O)C1CCCN(C(=O)CN(C)C(=O)COC(c2ccccc2)c2ccccc2)C1. The molecule has 0 saturated carbocycles. The van der Waals surface area contributed by atoms with Crippen molar-refractivity contribution in [2.24, 2.45) is 5.92 Å². The first-order chi connectivity index (χ1) is 16.0. The van der Waals surface area contributed by atoms with Crippen molar-refractivity contribution in [3.05, 3.63) is 71.8 Å². The molecule has 1 saturated heterocycles. The Morgan fingerprint density at radius 3 is 2.21 bits per heavy atom. The van der Waals surface area contributed by atoms with E-state index >= 15 is 0 Å². The van der Waals surface area contributed by atoms with Crippen LogP contribution in [0.5, 0.6) is 0 Å². The number of rotatable bonds is 9. The number of piperidine rings is 1. The summed E-state index contributed by atoms with van der Waals surface area (Å²) in [5, 5.41) is 0. The summed E-state index contributed by atoms with van der Waals surface area (Å²) in [6.45, 7) is 2.81. The molecule has 1 atom stereocenters. The maximum atomic E-state index is 12.8. The molecule has 176 valence electrons. The molecule has 1 fully saturated rings. The molecule has 2 aromatic carbocycles. The number of likely N-dealkylation sites (N-methyl/N-ethyl adjacent to an activating group) is 1. The van der Waals surface area contributed by atoms with Crippen LogP contribution in [0.4, 0.5) is 0 Å². The zero-order chi connectivity index (χ0) is 23.6. The van der Waals surface area contributed by atoms with Crippen molar-refractivity contribution >= 4 is 17.8 Å². The Morgan fingerprint density at radius 2 is 1.64 bits per heavy atom. The molecule has 2 aromatic rings. The highest BCUT2D eigenvalue weighted by molar-refractivity contribution is 5.85. The molecule has 2 amide bonds. The zero-order valence-corrected chi connectivity index (χ0v) is 19.3. The molecule has 3 rings (SSSR count). The first kappa shape index (κ1) is 24.5. The highest BCUT2D eigenvalue weighted by Gasteiger charge is 2.30. The molecule has 1 unspecified atom stereocenters. The summed E-state index contributed by atoms with van der Waals surface area (Å²) in [7, 11) is 1.59. The molecule has 7 heteroatoms. The molecule has 33 heavy (non-hydrogen) atoms. The van der Waals surface area contributed by atoms with E-state index in [2.05, 4.69) is 0 Å². The maximum Gasteiger partial charge on any atom is 0.310 e. The number of ether oxygens (including phenoxy) is 2. The van der Waals surface area contributed by atoms with Gasteiger partial charge < -0.3 is 19.3 Å². The molecule has 1 heterocycles. The standard InChI is InChI=1S/C26H32N2O5/c1-3-32-26(31)22-15-10-16-28(17-22)23(29)18-27(2)24(30)19-33-25(20-11-6-4-7-12-20)21-13-8-5-9-14-21/h4-9,11-14,22,25H,3,10,15-19H2,1-2H3. The van der Waals surface area contributed by atoms with Crippen LogP contribution >= 0.6 is 0 Å². The Balaban J connectivity index is 1.56. The van der Waals surface area contributed by atoms with Crippen molar-refractivity contribution in [1.29, 1.82) is 0 Å². The Hall–Kier alpha value is -3.19. The van der Waals surface area contributed by atoms with Crippen molar-refractivity contribution in [3.8, 4) is 0 Å². The second kappa shape index (κ2) is 12.2. The number of nitrogens with zero attached hydrogens (tertiary/aromatic N) is 2. The number of esters is 1. The quantitative estimate of drug-likeness (QED) is 0.547. The number of likely N-dealkylation sites (tertiary alicyclic amines) is 1. The van der Waals surface area contributed by atoms with E-state index in [0.717, 1.165) is 17.5 Å². The van der Waals surface area contributed by atoms with E-state index in [1.54, 1.807) is 18.9 Å². The van der Waals surface area contributed by atoms with Gasteiger partial charge in [-0.3, -0.25) is 14.4 Å². The van der Waals surface area contributed by atoms with Gasteiger partial charge in [-0.1, -0.05) is 60.7 Å². The maximum absolute atomic E-state index is 12.8. The smallest absolute Gasteiger partial charge is 0.310 e. The summed E-state index contributed by atoms with van der Waals surface area (Å²) in [5.74, 6) is -1.02. The topological polar surface area (TPSA) is 76.2 Å². The van der Waals surface area contributed by atoms with Gasteiger partial charge in [0.25, 0.3) is 0 Å². The molecule has 7 nitrogen and oxygen atoms in total. The average Bonchev–Trinajstić information content (AvgIpc) is 2.85. The van der Waals surface area contributed by atoms with Crippen molar-refractivity contribution in [3.63, 3.8) is 0 Å². The van der Waals surface area contributed by atoms with E-state index in [0.29, 0.717) is 26.1 Å². The van der Waals surface area contributed by atoms with Gasteiger partial charge in [0.2, 0.25) is 11.8 Å². The van der Waals surface area contributed by atoms with Crippen molar-refractivity contribution in [1.82, 2.24) is 9.80 Å². The number of hydrogen-bond donors (Lipinski definition) is 0. The molecular formula is C26H32N2O5. The lowest BCUT2D eigenvalue weighted by Crippen LogP contribution is -2.47. The lowest BCUT2D eigenvalue weighted by Gasteiger charge is -2.32. The van der Waals surface area contributed by atoms with Crippen LogP contribution in [-0.4, -0.2) is 67.5 Å². The summed E-state index contributed by atoms with van der Waals surface area (Å²) < 4.78 is 11.1. The van der Waals surface area contributed by atoms with Gasteiger partial charge in [0, 0.05) is 20.1 Å². The molecule has 0 spiro atoms. The van der Waals surface area contributed by atoms with Crippen LogP contribution in [-0.2, 0) is 23.9 Å². The van der Waals surface area contributed by atoms with Crippen molar-refractivity contribution < 1.29 is 23.9 Å². The second-order valence-electron chi connectivity index (χ2n) is 8.19. The van der Waals surface area contributed by atoms with Crippen LogP contribution in [0, 0.1) is 5.92 Å². The Kier molecular flexibility index (Phi) is 9.01. The average molecular weight is 453 g/mol. The van der Waals surface area contributed by atoms with Gasteiger partial charge in [-0.2, -0.15) is 0 Å². The first-order valence-electron chi connectivity index (χ1n) is 11.4. The van der Waals surface area contributed by atoms with E-state index in [1.807, 2.05) is 60.7 Å². The predicted octanol–water partition coefficient (Wildman–Crippen LogP) is 3.05. The fraction of sp³-hybridized carbons (Fsp3) is 0.423.